The van der Waals surface area contributed by atoms with E-state index in [1.54, 1.807) is 18.2 Å². The van der Waals surface area contributed by atoms with Crippen LogP contribution < -0.4 is 14.8 Å². The summed E-state index contributed by atoms with van der Waals surface area (Å²) in [5, 5.41) is 3.77. The largest absolute Gasteiger partial charge is 0.495 e. The summed E-state index contributed by atoms with van der Waals surface area (Å²) < 4.78 is 46.3. The molecule has 1 aromatic heterocycles. The maximum Gasteiger partial charge on any atom is 0.262 e. The molecule has 0 radical (unpaired) electrons. The summed E-state index contributed by atoms with van der Waals surface area (Å²) in [7, 11) is -2.60. The number of amides is 1. The first-order valence-electron chi connectivity index (χ1n) is 10.1. The van der Waals surface area contributed by atoms with Crippen LogP contribution >= 0.6 is 0 Å². The summed E-state index contributed by atoms with van der Waals surface area (Å²) in [6, 6.07) is 14.5. The van der Waals surface area contributed by atoms with Crippen LogP contribution in [-0.2, 0) is 10.0 Å². The van der Waals surface area contributed by atoms with Gasteiger partial charge in [-0.05, 0) is 67.9 Å². The van der Waals surface area contributed by atoms with E-state index < -0.39 is 15.8 Å². The Morgan fingerprint density at radius 3 is 2.45 bits per heavy atom. The highest BCUT2D eigenvalue weighted by Gasteiger charge is 2.19. The smallest absolute Gasteiger partial charge is 0.262 e. The highest BCUT2D eigenvalue weighted by Crippen LogP contribution is 2.31. The van der Waals surface area contributed by atoms with Crippen LogP contribution in [0.4, 0.5) is 15.8 Å². The van der Waals surface area contributed by atoms with Crippen molar-refractivity contribution in [2.45, 2.75) is 18.7 Å². The predicted molar refractivity (Wildman–Crippen MR) is 126 cm³/mol. The van der Waals surface area contributed by atoms with Crippen LogP contribution in [0.3, 0.4) is 0 Å². The lowest BCUT2D eigenvalue weighted by Crippen LogP contribution is -2.15. The molecule has 0 aliphatic rings. The lowest BCUT2D eigenvalue weighted by atomic mass is 10.1. The summed E-state index contributed by atoms with van der Waals surface area (Å²) in [5.41, 5.74) is 3.75. The SMILES string of the molecule is COc1ccc(NC(=O)c2cccc3c(C)c(C)[nH]c23)cc1NS(=O)(=O)c1ccc(F)cc1. The van der Waals surface area contributed by atoms with Gasteiger partial charge >= 0.3 is 0 Å². The Kier molecular flexibility index (Phi) is 5.82. The summed E-state index contributed by atoms with van der Waals surface area (Å²) in [6.45, 7) is 3.93. The molecule has 0 aliphatic heterocycles. The molecule has 1 amide bonds. The summed E-state index contributed by atoms with van der Waals surface area (Å²) in [6.07, 6.45) is 0. The first kappa shape index (κ1) is 22.3. The molecule has 3 aromatic carbocycles. The number of aryl methyl sites for hydroxylation is 2. The molecule has 0 atom stereocenters. The molecule has 7 nitrogen and oxygen atoms in total. The van der Waals surface area contributed by atoms with E-state index in [1.165, 1.54) is 13.2 Å². The molecular weight excluding hydrogens is 445 g/mol. The lowest BCUT2D eigenvalue weighted by Gasteiger charge is -2.14. The number of nitrogens with one attached hydrogen (secondary N) is 3. The van der Waals surface area contributed by atoms with Gasteiger partial charge in [-0.25, -0.2) is 12.8 Å². The van der Waals surface area contributed by atoms with Crippen LogP contribution in [0.15, 0.2) is 65.6 Å². The van der Waals surface area contributed by atoms with E-state index in [9.17, 15) is 17.6 Å². The van der Waals surface area contributed by atoms with Crippen molar-refractivity contribution in [2.75, 3.05) is 17.1 Å². The van der Waals surface area contributed by atoms with Gasteiger partial charge in [0, 0.05) is 16.8 Å². The number of aromatic amines is 1. The van der Waals surface area contributed by atoms with Crippen LogP contribution in [0.2, 0.25) is 0 Å². The molecular formula is C24H22FN3O4S. The number of hydrogen-bond acceptors (Lipinski definition) is 4. The second-order valence-electron chi connectivity index (χ2n) is 7.53. The second kappa shape index (κ2) is 8.59. The zero-order valence-corrected chi connectivity index (χ0v) is 19.0. The number of hydrogen-bond donors (Lipinski definition) is 3. The molecule has 0 spiro atoms. The minimum absolute atomic E-state index is 0.107. The molecule has 0 saturated carbocycles. The van der Waals surface area contributed by atoms with Gasteiger partial charge in [-0.3, -0.25) is 9.52 Å². The number of H-pyrrole nitrogens is 1. The number of rotatable bonds is 6. The van der Waals surface area contributed by atoms with Crippen LogP contribution in [-0.4, -0.2) is 26.4 Å². The van der Waals surface area contributed by atoms with Gasteiger partial charge < -0.3 is 15.0 Å². The molecule has 3 N–H and O–H groups in total. The maximum absolute atomic E-state index is 13.2. The Balaban J connectivity index is 1.64. The molecule has 9 heteroatoms. The number of para-hydroxylation sites is 1. The van der Waals surface area contributed by atoms with Gasteiger partial charge in [0.1, 0.15) is 11.6 Å². The Morgan fingerprint density at radius 2 is 1.76 bits per heavy atom. The monoisotopic (exact) mass is 467 g/mol. The van der Waals surface area contributed by atoms with E-state index in [-0.39, 0.29) is 22.2 Å². The Morgan fingerprint density at radius 1 is 1.03 bits per heavy atom. The minimum Gasteiger partial charge on any atom is -0.495 e. The molecule has 4 rings (SSSR count). The van der Waals surface area contributed by atoms with Gasteiger partial charge in [-0.1, -0.05) is 12.1 Å². The number of halogens is 1. The number of carbonyl (C=O) groups is 1. The molecule has 0 saturated heterocycles. The number of fused-ring (bicyclic) bond motifs is 1. The summed E-state index contributed by atoms with van der Waals surface area (Å²) in [4.78, 5) is 16.2. The van der Waals surface area contributed by atoms with E-state index in [2.05, 4.69) is 15.0 Å². The van der Waals surface area contributed by atoms with Gasteiger partial charge in [0.15, 0.2) is 0 Å². The van der Waals surface area contributed by atoms with E-state index in [4.69, 9.17) is 4.74 Å². The molecule has 0 unspecified atom stereocenters. The Labute approximate surface area is 190 Å². The summed E-state index contributed by atoms with van der Waals surface area (Å²) in [5.74, 6) is -0.630. The number of sulfonamides is 1. The van der Waals surface area contributed by atoms with E-state index in [1.807, 2.05) is 26.0 Å². The molecule has 170 valence electrons. The number of methoxy groups -OCH3 is 1. The number of carbonyl (C=O) groups excluding carboxylic acids is 1. The third-order valence-corrected chi connectivity index (χ3v) is 6.80. The third-order valence-electron chi connectivity index (χ3n) is 5.41. The van der Waals surface area contributed by atoms with Crippen molar-refractivity contribution in [1.29, 1.82) is 0 Å². The van der Waals surface area contributed by atoms with E-state index in [0.29, 0.717) is 11.3 Å². The van der Waals surface area contributed by atoms with Crippen molar-refractivity contribution in [2.24, 2.45) is 0 Å². The standard InChI is InChI=1S/C24H22FN3O4S/c1-14-15(2)26-23-19(14)5-4-6-20(23)24(29)27-17-9-12-22(32-3)21(13-17)28-33(30,31)18-10-7-16(25)8-11-18/h4-13,26,28H,1-3H3,(H,27,29). The van der Waals surface area contributed by atoms with E-state index in [0.717, 1.165) is 46.4 Å². The van der Waals surface area contributed by atoms with Crippen molar-refractivity contribution in [3.63, 3.8) is 0 Å². The zero-order valence-electron chi connectivity index (χ0n) is 18.2. The van der Waals surface area contributed by atoms with Gasteiger partial charge in [-0.2, -0.15) is 0 Å². The van der Waals surface area contributed by atoms with Crippen molar-refractivity contribution in [1.82, 2.24) is 4.98 Å². The van der Waals surface area contributed by atoms with Gasteiger partial charge in [-0.15, -0.1) is 0 Å². The van der Waals surface area contributed by atoms with Crippen molar-refractivity contribution < 1.29 is 22.3 Å². The number of anilines is 2. The Bertz CT molecular complexity index is 1460. The fourth-order valence-corrected chi connectivity index (χ4v) is 4.61. The van der Waals surface area contributed by atoms with Gasteiger partial charge in [0.05, 0.1) is 28.8 Å². The molecule has 0 fully saturated rings. The van der Waals surface area contributed by atoms with Gasteiger partial charge in [0.2, 0.25) is 0 Å². The van der Waals surface area contributed by atoms with E-state index >= 15 is 0 Å². The fourth-order valence-electron chi connectivity index (χ4n) is 3.55. The fraction of sp³-hybridized carbons (Fsp3) is 0.125. The molecule has 4 aromatic rings. The van der Waals surface area contributed by atoms with Crippen LogP contribution in [0.1, 0.15) is 21.6 Å². The predicted octanol–water partition coefficient (Wildman–Crippen LogP) is 4.99. The summed E-state index contributed by atoms with van der Waals surface area (Å²) >= 11 is 0. The zero-order chi connectivity index (χ0) is 23.8. The molecule has 33 heavy (non-hydrogen) atoms. The minimum atomic E-state index is -4.01. The molecule has 0 aliphatic carbocycles. The first-order chi connectivity index (χ1) is 15.7. The van der Waals surface area contributed by atoms with Crippen molar-refractivity contribution >= 4 is 38.2 Å². The van der Waals surface area contributed by atoms with Crippen LogP contribution in [0, 0.1) is 19.7 Å². The number of benzene rings is 3. The highest BCUT2D eigenvalue weighted by molar-refractivity contribution is 7.92. The quantitative estimate of drug-likeness (QED) is 0.372. The Hall–Kier alpha value is -3.85. The third kappa shape index (κ3) is 4.40. The van der Waals surface area contributed by atoms with Crippen LogP contribution in [0.25, 0.3) is 10.9 Å². The normalized spacial score (nSPS) is 11.4. The van der Waals surface area contributed by atoms with Crippen LogP contribution in [0.5, 0.6) is 5.75 Å². The lowest BCUT2D eigenvalue weighted by molar-refractivity contribution is 0.102. The van der Waals surface area contributed by atoms with Crippen molar-refractivity contribution in [3.05, 3.63) is 83.3 Å². The van der Waals surface area contributed by atoms with Crippen molar-refractivity contribution in [3.8, 4) is 5.75 Å². The number of ether oxygens (including phenoxy) is 1. The maximum atomic E-state index is 13.2. The number of aromatic nitrogens is 1. The van der Waals surface area contributed by atoms with Gasteiger partial charge in [0.25, 0.3) is 15.9 Å². The highest BCUT2D eigenvalue weighted by atomic mass is 32.2. The molecule has 1 heterocycles. The molecule has 0 bridgehead atoms. The first-order valence-corrected chi connectivity index (χ1v) is 11.5. The average Bonchev–Trinajstić information content (AvgIpc) is 3.07. The second-order valence-corrected chi connectivity index (χ2v) is 9.21. The topological polar surface area (TPSA) is 100 Å². The average molecular weight is 468 g/mol.